The Kier molecular flexibility index (Phi) is 6.48. The predicted octanol–water partition coefficient (Wildman–Crippen LogP) is 4.08. The molecule has 2 rings (SSSR count). The van der Waals surface area contributed by atoms with Gasteiger partial charge in [-0.05, 0) is 67.6 Å². The van der Waals surface area contributed by atoms with Crippen LogP contribution in [0.5, 0.6) is 5.75 Å². The van der Waals surface area contributed by atoms with Crippen LogP contribution in [0.4, 0.5) is 0 Å². The smallest absolute Gasteiger partial charge is 0.257 e. The van der Waals surface area contributed by atoms with Gasteiger partial charge in [0, 0.05) is 11.6 Å². The molecule has 0 heterocycles. The van der Waals surface area contributed by atoms with Crippen molar-refractivity contribution < 1.29 is 9.53 Å². The highest BCUT2D eigenvalue weighted by molar-refractivity contribution is 6.30. The van der Waals surface area contributed by atoms with Crippen molar-refractivity contribution in [1.29, 1.82) is 0 Å². The largest absolute Gasteiger partial charge is 0.484 e. The first-order valence-electron chi connectivity index (χ1n) is 7.75. The molecule has 0 bridgehead atoms. The maximum atomic E-state index is 11.8. The molecule has 23 heavy (non-hydrogen) atoms. The highest BCUT2D eigenvalue weighted by atomic mass is 35.5. The predicted molar refractivity (Wildman–Crippen MR) is 94.2 cm³/mol. The van der Waals surface area contributed by atoms with Crippen LogP contribution in [0.1, 0.15) is 23.1 Å². The molecule has 122 valence electrons. The Labute approximate surface area is 142 Å². The highest BCUT2D eigenvalue weighted by Crippen LogP contribution is 2.16. The van der Waals surface area contributed by atoms with Crippen molar-refractivity contribution in [3.63, 3.8) is 0 Å². The average molecular weight is 332 g/mol. The van der Waals surface area contributed by atoms with Gasteiger partial charge < -0.3 is 10.1 Å². The second kappa shape index (κ2) is 8.59. The fourth-order valence-electron chi connectivity index (χ4n) is 2.39. The van der Waals surface area contributed by atoms with E-state index in [0.29, 0.717) is 6.54 Å². The number of nitrogens with one attached hydrogen (secondary N) is 1. The van der Waals surface area contributed by atoms with Crippen molar-refractivity contribution in [2.75, 3.05) is 13.2 Å². The highest BCUT2D eigenvalue weighted by Gasteiger charge is 2.03. The first-order chi connectivity index (χ1) is 11.0. The van der Waals surface area contributed by atoms with Gasteiger partial charge in [-0.1, -0.05) is 29.8 Å². The molecule has 1 amide bonds. The molecule has 0 aliphatic rings. The number of ether oxygens (including phenoxy) is 1. The van der Waals surface area contributed by atoms with Crippen LogP contribution in [-0.4, -0.2) is 19.1 Å². The van der Waals surface area contributed by atoms with E-state index in [1.54, 1.807) is 0 Å². The summed E-state index contributed by atoms with van der Waals surface area (Å²) in [6.45, 7) is 4.70. The molecule has 0 saturated carbocycles. The van der Waals surface area contributed by atoms with Crippen molar-refractivity contribution >= 4 is 17.5 Å². The maximum absolute atomic E-state index is 11.8. The molecular formula is C19H22ClNO2. The summed E-state index contributed by atoms with van der Waals surface area (Å²) in [7, 11) is 0. The van der Waals surface area contributed by atoms with Gasteiger partial charge in [-0.3, -0.25) is 4.79 Å². The molecule has 0 radical (unpaired) electrons. The van der Waals surface area contributed by atoms with Gasteiger partial charge in [-0.15, -0.1) is 0 Å². The lowest BCUT2D eigenvalue weighted by molar-refractivity contribution is -0.123. The summed E-state index contributed by atoms with van der Waals surface area (Å²) in [5.41, 5.74) is 3.47. The van der Waals surface area contributed by atoms with Crippen LogP contribution in [0.15, 0.2) is 42.5 Å². The van der Waals surface area contributed by atoms with Crippen LogP contribution in [0.3, 0.4) is 0 Å². The van der Waals surface area contributed by atoms with Gasteiger partial charge in [0.25, 0.3) is 5.91 Å². The molecule has 0 fully saturated rings. The number of carbonyl (C=O) groups is 1. The Bertz CT molecular complexity index is 633. The summed E-state index contributed by atoms with van der Waals surface area (Å²) < 4.78 is 5.53. The van der Waals surface area contributed by atoms with Crippen LogP contribution >= 0.6 is 11.6 Å². The number of hydrogen-bond acceptors (Lipinski definition) is 2. The Hall–Kier alpha value is -2.00. The van der Waals surface area contributed by atoms with E-state index in [9.17, 15) is 4.79 Å². The Morgan fingerprint density at radius 2 is 1.74 bits per heavy atom. The van der Waals surface area contributed by atoms with Gasteiger partial charge in [0.2, 0.25) is 0 Å². The van der Waals surface area contributed by atoms with Crippen molar-refractivity contribution in [1.82, 2.24) is 5.32 Å². The lowest BCUT2D eigenvalue weighted by Crippen LogP contribution is -2.29. The topological polar surface area (TPSA) is 38.3 Å². The zero-order valence-electron chi connectivity index (χ0n) is 13.6. The number of rotatable bonds is 7. The zero-order chi connectivity index (χ0) is 16.7. The molecule has 2 aromatic rings. The van der Waals surface area contributed by atoms with Gasteiger partial charge in [-0.25, -0.2) is 0 Å². The molecule has 1 N–H and O–H groups in total. The number of aryl methyl sites for hydroxylation is 3. The van der Waals surface area contributed by atoms with Crippen LogP contribution < -0.4 is 10.1 Å². The molecule has 0 atom stereocenters. The molecular weight excluding hydrogens is 310 g/mol. The summed E-state index contributed by atoms with van der Waals surface area (Å²) in [5.74, 6) is 0.638. The summed E-state index contributed by atoms with van der Waals surface area (Å²) in [4.78, 5) is 11.8. The SMILES string of the molecule is Cc1cc(C)cc(OCC(=O)NCCCc2ccc(Cl)cc2)c1. The zero-order valence-corrected chi connectivity index (χ0v) is 14.3. The molecule has 0 aromatic heterocycles. The summed E-state index contributed by atoms with van der Waals surface area (Å²) in [5, 5.41) is 3.62. The fourth-order valence-corrected chi connectivity index (χ4v) is 2.51. The van der Waals surface area contributed by atoms with Crippen LogP contribution in [0.25, 0.3) is 0 Å². The van der Waals surface area contributed by atoms with Crippen molar-refractivity contribution in [3.05, 3.63) is 64.2 Å². The van der Waals surface area contributed by atoms with E-state index < -0.39 is 0 Å². The van der Waals surface area contributed by atoms with Crippen molar-refractivity contribution in [3.8, 4) is 5.75 Å². The van der Waals surface area contributed by atoms with Crippen molar-refractivity contribution in [2.45, 2.75) is 26.7 Å². The fraction of sp³-hybridized carbons (Fsp3) is 0.316. The van der Waals surface area contributed by atoms with E-state index in [1.807, 2.05) is 50.2 Å². The van der Waals surface area contributed by atoms with E-state index in [2.05, 4.69) is 11.4 Å². The Morgan fingerprint density at radius 3 is 2.39 bits per heavy atom. The minimum atomic E-state index is -0.0970. The van der Waals surface area contributed by atoms with Crippen LogP contribution in [0.2, 0.25) is 5.02 Å². The van der Waals surface area contributed by atoms with Gasteiger partial charge in [-0.2, -0.15) is 0 Å². The lowest BCUT2D eigenvalue weighted by atomic mass is 10.1. The van der Waals surface area contributed by atoms with Gasteiger partial charge in [0.1, 0.15) is 5.75 Å². The van der Waals surface area contributed by atoms with Gasteiger partial charge >= 0.3 is 0 Å². The Balaban J connectivity index is 1.66. The van der Waals surface area contributed by atoms with E-state index >= 15 is 0 Å². The van der Waals surface area contributed by atoms with E-state index in [-0.39, 0.29) is 12.5 Å². The number of benzene rings is 2. The second-order valence-corrected chi connectivity index (χ2v) is 6.13. The average Bonchev–Trinajstić information content (AvgIpc) is 2.50. The maximum Gasteiger partial charge on any atom is 0.257 e. The molecule has 0 unspecified atom stereocenters. The molecule has 4 heteroatoms. The number of carbonyl (C=O) groups excluding carboxylic acids is 1. The molecule has 0 aliphatic heterocycles. The van der Waals surface area contributed by atoms with E-state index in [4.69, 9.17) is 16.3 Å². The summed E-state index contributed by atoms with van der Waals surface area (Å²) in [6, 6.07) is 13.7. The van der Waals surface area contributed by atoms with E-state index in [0.717, 1.165) is 34.7 Å². The number of hydrogen-bond donors (Lipinski definition) is 1. The normalized spacial score (nSPS) is 10.4. The minimum absolute atomic E-state index is 0.0455. The van der Waals surface area contributed by atoms with Gasteiger partial charge in [0.15, 0.2) is 6.61 Å². The van der Waals surface area contributed by atoms with E-state index in [1.165, 1.54) is 5.56 Å². The molecule has 0 aliphatic carbocycles. The molecule has 3 nitrogen and oxygen atoms in total. The standard InChI is InChI=1S/C19H22ClNO2/c1-14-10-15(2)12-18(11-14)23-13-19(22)21-9-3-4-16-5-7-17(20)8-6-16/h5-8,10-12H,3-4,9,13H2,1-2H3,(H,21,22). The van der Waals surface area contributed by atoms with Crippen molar-refractivity contribution in [2.24, 2.45) is 0 Å². The summed E-state index contributed by atoms with van der Waals surface area (Å²) >= 11 is 5.85. The third-order valence-electron chi connectivity index (χ3n) is 3.44. The monoisotopic (exact) mass is 331 g/mol. The molecule has 0 spiro atoms. The first kappa shape index (κ1) is 17.4. The second-order valence-electron chi connectivity index (χ2n) is 5.69. The lowest BCUT2D eigenvalue weighted by Gasteiger charge is -2.09. The molecule has 0 saturated heterocycles. The third-order valence-corrected chi connectivity index (χ3v) is 3.69. The summed E-state index contributed by atoms with van der Waals surface area (Å²) in [6.07, 6.45) is 1.80. The first-order valence-corrected chi connectivity index (χ1v) is 8.13. The number of amides is 1. The molecule has 2 aromatic carbocycles. The van der Waals surface area contributed by atoms with Crippen LogP contribution in [-0.2, 0) is 11.2 Å². The quantitative estimate of drug-likeness (QED) is 0.776. The van der Waals surface area contributed by atoms with Crippen LogP contribution in [0, 0.1) is 13.8 Å². The third kappa shape index (κ3) is 6.33. The number of halogens is 1. The van der Waals surface area contributed by atoms with Gasteiger partial charge in [0.05, 0.1) is 0 Å². The minimum Gasteiger partial charge on any atom is -0.484 e. The Morgan fingerprint density at radius 1 is 1.09 bits per heavy atom.